The molecule has 5 nitrogen and oxygen atoms in total. The highest BCUT2D eigenvalue weighted by Gasteiger charge is 2.62. The molecule has 0 amide bonds. The molecular formula is C36H69N3O2. The number of aliphatic hydroxyl groups is 2. The lowest BCUT2D eigenvalue weighted by Crippen LogP contribution is -2.59. The van der Waals surface area contributed by atoms with E-state index in [1.807, 2.05) is 0 Å². The first-order chi connectivity index (χ1) is 19.5. The largest absolute Gasteiger partial charge is 0.393 e. The van der Waals surface area contributed by atoms with Gasteiger partial charge in [0, 0.05) is 6.04 Å². The van der Waals surface area contributed by atoms with Crippen molar-refractivity contribution >= 4 is 0 Å². The van der Waals surface area contributed by atoms with Crippen molar-refractivity contribution in [2.24, 2.45) is 52.3 Å². The van der Waals surface area contributed by atoms with Crippen LogP contribution in [0.5, 0.6) is 0 Å². The number of aliphatic hydroxyl groups excluding tert-OH is 2. The van der Waals surface area contributed by atoms with Crippen LogP contribution in [0.4, 0.5) is 0 Å². The third kappa shape index (κ3) is 7.72. The molecule has 4 saturated carbocycles. The zero-order chi connectivity index (χ0) is 29.8. The molecule has 240 valence electrons. The quantitative estimate of drug-likeness (QED) is 0.172. The molecule has 0 aromatic heterocycles. The molecule has 0 radical (unpaired) electrons. The molecule has 4 rings (SSSR count). The molecule has 0 bridgehead atoms. The van der Waals surface area contributed by atoms with Gasteiger partial charge in [0.2, 0.25) is 0 Å². The Morgan fingerprint density at radius 2 is 1.54 bits per heavy atom. The number of nitrogens with zero attached hydrogens (tertiary/aromatic N) is 1. The minimum Gasteiger partial charge on any atom is -0.393 e. The van der Waals surface area contributed by atoms with Gasteiger partial charge in [-0.25, -0.2) is 0 Å². The average Bonchev–Trinajstić information content (AvgIpc) is 3.28. The summed E-state index contributed by atoms with van der Waals surface area (Å²) in [5.41, 5.74) is 0.773. The first-order valence-electron chi connectivity index (χ1n) is 17.9. The predicted molar refractivity (Wildman–Crippen MR) is 173 cm³/mol. The van der Waals surface area contributed by atoms with Crippen molar-refractivity contribution < 1.29 is 10.2 Å². The molecule has 0 aromatic rings. The third-order valence-electron chi connectivity index (χ3n) is 13.3. The highest BCUT2D eigenvalue weighted by molar-refractivity contribution is 5.12. The maximum Gasteiger partial charge on any atom is 0.0577 e. The number of nitrogens with one attached hydrogen (secondary N) is 2. The summed E-state index contributed by atoms with van der Waals surface area (Å²) in [6.07, 6.45) is 15.8. The highest BCUT2D eigenvalue weighted by atomic mass is 16.3. The predicted octanol–water partition coefficient (Wildman–Crippen LogP) is 6.33. The van der Waals surface area contributed by atoms with Gasteiger partial charge < -0.3 is 25.7 Å². The topological polar surface area (TPSA) is 67.8 Å². The lowest BCUT2D eigenvalue weighted by molar-refractivity contribution is -0.167. The van der Waals surface area contributed by atoms with Crippen LogP contribution in [0.3, 0.4) is 0 Å². The molecule has 4 fully saturated rings. The first-order valence-corrected chi connectivity index (χ1v) is 17.9. The van der Waals surface area contributed by atoms with Crippen LogP contribution < -0.4 is 10.6 Å². The number of fused-ring (bicyclic) bond motifs is 5. The molecule has 41 heavy (non-hydrogen) atoms. The molecule has 4 aliphatic carbocycles. The van der Waals surface area contributed by atoms with E-state index in [-0.39, 0.29) is 12.2 Å². The van der Waals surface area contributed by atoms with Crippen molar-refractivity contribution in [3.63, 3.8) is 0 Å². The molecule has 0 heterocycles. The van der Waals surface area contributed by atoms with E-state index in [1.54, 1.807) is 0 Å². The SMILES string of the molecule is CC(C)C(O)CCC(C)[C@H]1CCC2C3C(CC[C@@]21C)[C@@]1(C)CC[C@H](NCCCNCCCCN(C)C)C[C@@H]1C[C@H]3O. The summed E-state index contributed by atoms with van der Waals surface area (Å²) >= 11 is 0. The molecule has 11 atom stereocenters. The zero-order valence-electron chi connectivity index (χ0n) is 28.1. The summed E-state index contributed by atoms with van der Waals surface area (Å²) in [4.78, 5) is 2.27. The van der Waals surface area contributed by atoms with Gasteiger partial charge >= 0.3 is 0 Å². The molecule has 0 saturated heterocycles. The fourth-order valence-corrected chi connectivity index (χ4v) is 10.7. The maximum atomic E-state index is 11.8. The minimum atomic E-state index is -0.167. The Hall–Kier alpha value is -0.200. The molecule has 0 aromatic carbocycles. The molecule has 4 aliphatic rings. The van der Waals surface area contributed by atoms with Crippen LogP contribution in [-0.4, -0.2) is 73.6 Å². The van der Waals surface area contributed by atoms with Crippen molar-refractivity contribution in [3.05, 3.63) is 0 Å². The summed E-state index contributed by atoms with van der Waals surface area (Å²) in [5.74, 6) is 4.31. The summed E-state index contributed by atoms with van der Waals surface area (Å²) < 4.78 is 0. The van der Waals surface area contributed by atoms with Gasteiger partial charge in [-0.2, -0.15) is 0 Å². The van der Waals surface area contributed by atoms with Crippen LogP contribution in [0, 0.1) is 52.3 Å². The summed E-state index contributed by atoms with van der Waals surface area (Å²) in [6, 6.07) is 0.628. The van der Waals surface area contributed by atoms with E-state index >= 15 is 0 Å². The van der Waals surface area contributed by atoms with E-state index in [9.17, 15) is 10.2 Å². The van der Waals surface area contributed by atoms with Gasteiger partial charge in [0.15, 0.2) is 0 Å². The maximum absolute atomic E-state index is 11.8. The summed E-state index contributed by atoms with van der Waals surface area (Å²) in [5, 5.41) is 29.8. The Labute approximate surface area is 254 Å². The Kier molecular flexibility index (Phi) is 12.1. The van der Waals surface area contributed by atoms with Crippen molar-refractivity contribution in [1.82, 2.24) is 15.5 Å². The smallest absolute Gasteiger partial charge is 0.0577 e. The number of unbranched alkanes of at least 4 members (excludes halogenated alkanes) is 1. The third-order valence-corrected chi connectivity index (χ3v) is 13.3. The summed E-state index contributed by atoms with van der Waals surface area (Å²) in [7, 11) is 4.30. The Balaban J connectivity index is 1.26. The Morgan fingerprint density at radius 1 is 0.829 bits per heavy atom. The number of rotatable bonds is 15. The van der Waals surface area contributed by atoms with Crippen molar-refractivity contribution in [3.8, 4) is 0 Å². The van der Waals surface area contributed by atoms with E-state index in [2.05, 4.69) is 64.2 Å². The van der Waals surface area contributed by atoms with Crippen LogP contribution in [-0.2, 0) is 0 Å². The fourth-order valence-electron chi connectivity index (χ4n) is 10.7. The van der Waals surface area contributed by atoms with E-state index in [1.165, 1.54) is 70.8 Å². The van der Waals surface area contributed by atoms with Gasteiger partial charge in [-0.1, -0.05) is 34.6 Å². The van der Waals surface area contributed by atoms with Crippen LogP contribution in [0.1, 0.15) is 118 Å². The van der Waals surface area contributed by atoms with Gasteiger partial charge in [-0.3, -0.25) is 0 Å². The fraction of sp³-hybridized carbons (Fsp3) is 1.00. The van der Waals surface area contributed by atoms with Gasteiger partial charge in [-0.15, -0.1) is 0 Å². The van der Waals surface area contributed by atoms with E-state index < -0.39 is 0 Å². The molecule has 0 aliphatic heterocycles. The lowest BCUT2D eigenvalue weighted by atomic mass is 9.43. The number of hydrogen-bond donors (Lipinski definition) is 4. The second kappa shape index (κ2) is 14.7. The van der Waals surface area contributed by atoms with E-state index in [0.29, 0.717) is 52.4 Å². The molecule has 4 N–H and O–H groups in total. The Morgan fingerprint density at radius 3 is 2.27 bits per heavy atom. The van der Waals surface area contributed by atoms with E-state index in [4.69, 9.17) is 0 Å². The normalized spacial score (nSPS) is 40.3. The Bertz CT molecular complexity index is 791. The van der Waals surface area contributed by atoms with Gasteiger partial charge in [-0.05, 0) is 176 Å². The van der Waals surface area contributed by atoms with Crippen molar-refractivity contribution in [2.45, 2.75) is 136 Å². The summed E-state index contributed by atoms with van der Waals surface area (Å²) in [6.45, 7) is 16.5. The van der Waals surface area contributed by atoms with Gasteiger partial charge in [0.1, 0.15) is 0 Å². The number of hydrogen-bond acceptors (Lipinski definition) is 5. The van der Waals surface area contributed by atoms with Crippen molar-refractivity contribution in [1.29, 1.82) is 0 Å². The monoisotopic (exact) mass is 576 g/mol. The molecular weight excluding hydrogens is 506 g/mol. The van der Waals surface area contributed by atoms with Crippen LogP contribution in [0.25, 0.3) is 0 Å². The highest BCUT2D eigenvalue weighted by Crippen LogP contribution is 2.68. The molecule has 0 spiro atoms. The lowest BCUT2D eigenvalue weighted by Gasteiger charge is -2.62. The van der Waals surface area contributed by atoms with Crippen LogP contribution in [0.15, 0.2) is 0 Å². The standard InChI is InChI=1S/C36H69N3O2/c1-25(2)32(40)14-11-26(3)29-12-13-30-34-31(16-18-36(29,30)5)35(4)17-15-28(23-27(35)24-33(34)41)38-21-10-20-37-19-8-9-22-39(6)7/h25-34,37-38,40-41H,8-24H2,1-7H3/t26?,27-,28+,29-,30?,31?,32?,33-,34?,35+,36-/m1/s1. The van der Waals surface area contributed by atoms with Gasteiger partial charge in [0.25, 0.3) is 0 Å². The first kappa shape index (κ1) is 33.7. The van der Waals surface area contributed by atoms with Crippen LogP contribution in [0.2, 0.25) is 0 Å². The van der Waals surface area contributed by atoms with Gasteiger partial charge in [0.05, 0.1) is 12.2 Å². The van der Waals surface area contributed by atoms with Crippen molar-refractivity contribution in [2.75, 3.05) is 40.3 Å². The zero-order valence-corrected chi connectivity index (χ0v) is 28.1. The van der Waals surface area contributed by atoms with Crippen LogP contribution >= 0.6 is 0 Å². The second-order valence-electron chi connectivity index (χ2n) is 16.4. The second-order valence-corrected chi connectivity index (χ2v) is 16.4. The molecule has 5 heteroatoms. The minimum absolute atomic E-state index is 0.116. The average molecular weight is 576 g/mol. The van der Waals surface area contributed by atoms with E-state index in [0.717, 1.165) is 44.8 Å². The molecule has 5 unspecified atom stereocenters.